The molecule has 2 atom stereocenters. The highest BCUT2D eigenvalue weighted by Gasteiger charge is 2.21. The summed E-state index contributed by atoms with van der Waals surface area (Å²) in [5.74, 6) is 0. The van der Waals surface area contributed by atoms with Crippen molar-refractivity contribution in [2.45, 2.75) is 57.9 Å². The van der Waals surface area contributed by atoms with Crippen LogP contribution < -0.4 is 10.6 Å². The minimum atomic E-state index is -0.577. The zero-order valence-corrected chi connectivity index (χ0v) is 17.0. The van der Waals surface area contributed by atoms with Gasteiger partial charge in [0.25, 0.3) is 0 Å². The highest BCUT2D eigenvalue weighted by Crippen LogP contribution is 2.11. The molecule has 0 fully saturated rings. The molecule has 0 aliphatic carbocycles. The van der Waals surface area contributed by atoms with Crippen molar-refractivity contribution in [3.63, 3.8) is 0 Å². The van der Waals surface area contributed by atoms with Gasteiger partial charge in [-0.05, 0) is 44.7 Å². The van der Waals surface area contributed by atoms with E-state index < -0.39 is 17.8 Å². The van der Waals surface area contributed by atoms with E-state index in [2.05, 4.69) is 10.6 Å². The second-order valence-electron chi connectivity index (χ2n) is 8.04. The Morgan fingerprint density at radius 2 is 1.57 bits per heavy atom. The average Bonchev–Trinajstić information content (AvgIpc) is 2.61. The van der Waals surface area contributed by atoms with Crippen LogP contribution in [0.1, 0.15) is 38.3 Å². The number of amides is 1. The van der Waals surface area contributed by atoms with E-state index in [-0.39, 0.29) is 6.04 Å². The number of benzene rings is 2. The largest absolute Gasteiger partial charge is 0.444 e. The number of nitrogens with one attached hydrogen (secondary N) is 2. The first-order valence-electron chi connectivity index (χ1n) is 9.78. The van der Waals surface area contributed by atoms with E-state index in [0.717, 1.165) is 5.56 Å². The van der Waals surface area contributed by atoms with Crippen molar-refractivity contribution in [1.82, 2.24) is 10.6 Å². The molecule has 0 spiro atoms. The van der Waals surface area contributed by atoms with Crippen molar-refractivity contribution in [3.05, 3.63) is 71.8 Å². The number of carbonyl (C=O) groups excluding carboxylic acids is 1. The number of hydrogen-bond donors (Lipinski definition) is 3. The molecule has 5 heteroatoms. The summed E-state index contributed by atoms with van der Waals surface area (Å²) in [7, 11) is 0. The van der Waals surface area contributed by atoms with E-state index in [1.54, 1.807) is 0 Å². The van der Waals surface area contributed by atoms with Gasteiger partial charge in [-0.2, -0.15) is 0 Å². The van der Waals surface area contributed by atoms with E-state index >= 15 is 0 Å². The third-order valence-electron chi connectivity index (χ3n) is 4.15. The second-order valence-corrected chi connectivity index (χ2v) is 8.04. The van der Waals surface area contributed by atoms with Crippen LogP contribution in [0.3, 0.4) is 0 Å². The van der Waals surface area contributed by atoms with Crippen LogP contribution in [0.2, 0.25) is 0 Å². The number of carbonyl (C=O) groups is 1. The number of alkyl carbamates (subject to hydrolysis) is 1. The lowest BCUT2D eigenvalue weighted by Crippen LogP contribution is -2.43. The number of aliphatic hydroxyl groups is 1. The van der Waals surface area contributed by atoms with Crippen LogP contribution in [0.4, 0.5) is 4.79 Å². The van der Waals surface area contributed by atoms with Gasteiger partial charge in [0.05, 0.1) is 6.10 Å². The standard InChI is InChI=1S/C23H32N2O3/c1-23(2,3)28-22(27)25-20(14-18-10-6-4-7-11-18)15-21(26)17-24-16-19-12-8-5-9-13-19/h4-13,20-21,24,26H,14-17H2,1-3H3,(H,25,27)/t20-,21?/m0/s1. The van der Waals surface area contributed by atoms with Gasteiger partial charge < -0.3 is 20.5 Å². The molecular formula is C23H32N2O3. The number of rotatable bonds is 9. The molecule has 2 rings (SSSR count). The minimum Gasteiger partial charge on any atom is -0.444 e. The van der Waals surface area contributed by atoms with Crippen LogP contribution >= 0.6 is 0 Å². The predicted molar refractivity (Wildman–Crippen MR) is 112 cm³/mol. The molecule has 152 valence electrons. The summed E-state index contributed by atoms with van der Waals surface area (Å²) in [6, 6.07) is 19.8. The first kappa shape index (κ1) is 21.9. The van der Waals surface area contributed by atoms with Crippen molar-refractivity contribution in [3.8, 4) is 0 Å². The Morgan fingerprint density at radius 1 is 1.00 bits per heavy atom. The van der Waals surface area contributed by atoms with Crippen molar-refractivity contribution >= 4 is 6.09 Å². The number of hydrogen-bond acceptors (Lipinski definition) is 4. The van der Waals surface area contributed by atoms with E-state index in [1.807, 2.05) is 81.4 Å². The second kappa shape index (κ2) is 10.8. The van der Waals surface area contributed by atoms with Gasteiger partial charge in [0.2, 0.25) is 0 Å². The minimum absolute atomic E-state index is 0.217. The third kappa shape index (κ3) is 9.02. The molecule has 0 bridgehead atoms. The number of aliphatic hydroxyl groups excluding tert-OH is 1. The monoisotopic (exact) mass is 384 g/mol. The first-order valence-corrected chi connectivity index (χ1v) is 9.78. The summed E-state index contributed by atoms with van der Waals surface area (Å²) in [6.45, 7) is 6.65. The van der Waals surface area contributed by atoms with Crippen LogP contribution in [-0.2, 0) is 17.7 Å². The lowest BCUT2D eigenvalue weighted by Gasteiger charge is -2.25. The van der Waals surface area contributed by atoms with Crippen LogP contribution in [0.5, 0.6) is 0 Å². The van der Waals surface area contributed by atoms with Crippen molar-refractivity contribution in [1.29, 1.82) is 0 Å². The van der Waals surface area contributed by atoms with E-state index in [4.69, 9.17) is 4.74 Å². The van der Waals surface area contributed by atoms with Gasteiger partial charge >= 0.3 is 6.09 Å². The molecule has 2 aromatic rings. The average molecular weight is 385 g/mol. The van der Waals surface area contributed by atoms with E-state index in [9.17, 15) is 9.90 Å². The lowest BCUT2D eigenvalue weighted by atomic mass is 10.0. The van der Waals surface area contributed by atoms with Gasteiger partial charge in [-0.1, -0.05) is 60.7 Å². The first-order chi connectivity index (χ1) is 13.3. The predicted octanol–water partition coefficient (Wildman–Crippen LogP) is 3.66. The van der Waals surface area contributed by atoms with Gasteiger partial charge in [0, 0.05) is 19.1 Å². The van der Waals surface area contributed by atoms with Crippen LogP contribution in [0.15, 0.2) is 60.7 Å². The normalized spacial score (nSPS) is 13.6. The molecule has 28 heavy (non-hydrogen) atoms. The maximum absolute atomic E-state index is 12.2. The van der Waals surface area contributed by atoms with Crippen LogP contribution in [0, 0.1) is 0 Å². The van der Waals surface area contributed by atoms with Gasteiger partial charge in [0.15, 0.2) is 0 Å². The fraction of sp³-hybridized carbons (Fsp3) is 0.435. The van der Waals surface area contributed by atoms with Gasteiger partial charge in [0.1, 0.15) is 5.60 Å². The Labute approximate surface area is 168 Å². The summed E-state index contributed by atoms with van der Waals surface area (Å²) in [6.07, 6.45) is 0.0383. The Bertz CT molecular complexity index is 699. The summed E-state index contributed by atoms with van der Waals surface area (Å²) in [5.41, 5.74) is 1.72. The van der Waals surface area contributed by atoms with Crippen molar-refractivity contribution in [2.24, 2.45) is 0 Å². The van der Waals surface area contributed by atoms with Crippen LogP contribution in [-0.4, -0.2) is 35.5 Å². The highest BCUT2D eigenvalue weighted by molar-refractivity contribution is 5.68. The van der Waals surface area contributed by atoms with E-state index in [1.165, 1.54) is 5.56 Å². The SMILES string of the molecule is CC(C)(C)OC(=O)N[C@@H](Cc1ccccc1)CC(O)CNCc1ccccc1. The van der Waals surface area contributed by atoms with Crippen LogP contribution in [0.25, 0.3) is 0 Å². The Kier molecular flexibility index (Phi) is 8.48. The molecule has 0 heterocycles. The molecule has 0 aromatic heterocycles. The third-order valence-corrected chi connectivity index (χ3v) is 4.15. The zero-order chi connectivity index (χ0) is 20.4. The molecule has 2 aromatic carbocycles. The summed E-state index contributed by atoms with van der Waals surface area (Å²) in [5, 5.41) is 16.6. The topological polar surface area (TPSA) is 70.6 Å². The van der Waals surface area contributed by atoms with Gasteiger partial charge in [-0.3, -0.25) is 0 Å². The van der Waals surface area contributed by atoms with E-state index in [0.29, 0.717) is 25.9 Å². The fourth-order valence-electron chi connectivity index (χ4n) is 2.96. The highest BCUT2D eigenvalue weighted by atomic mass is 16.6. The number of ether oxygens (including phenoxy) is 1. The zero-order valence-electron chi connectivity index (χ0n) is 17.0. The molecule has 0 aliphatic rings. The Morgan fingerprint density at radius 3 is 2.14 bits per heavy atom. The smallest absolute Gasteiger partial charge is 0.407 e. The Balaban J connectivity index is 1.88. The Hall–Kier alpha value is -2.37. The molecule has 0 aliphatic heterocycles. The molecule has 1 unspecified atom stereocenters. The molecular weight excluding hydrogens is 352 g/mol. The molecule has 5 nitrogen and oxygen atoms in total. The lowest BCUT2D eigenvalue weighted by molar-refractivity contribution is 0.0483. The molecule has 3 N–H and O–H groups in total. The maximum Gasteiger partial charge on any atom is 0.407 e. The molecule has 0 saturated heterocycles. The van der Waals surface area contributed by atoms with Crippen molar-refractivity contribution < 1.29 is 14.6 Å². The summed E-state index contributed by atoms with van der Waals surface area (Å²) >= 11 is 0. The van der Waals surface area contributed by atoms with Crippen molar-refractivity contribution in [2.75, 3.05) is 6.54 Å². The summed E-state index contributed by atoms with van der Waals surface area (Å²) in [4.78, 5) is 12.2. The maximum atomic E-state index is 12.2. The summed E-state index contributed by atoms with van der Waals surface area (Å²) < 4.78 is 5.38. The van der Waals surface area contributed by atoms with Gasteiger partial charge in [-0.15, -0.1) is 0 Å². The quantitative estimate of drug-likeness (QED) is 0.617. The fourth-order valence-corrected chi connectivity index (χ4v) is 2.96. The molecule has 0 saturated carbocycles. The molecule has 1 amide bonds. The van der Waals surface area contributed by atoms with Gasteiger partial charge in [-0.25, -0.2) is 4.79 Å². The molecule has 0 radical (unpaired) electrons.